The molecule has 12 heavy (non-hydrogen) atoms. The van der Waals surface area contributed by atoms with Crippen molar-refractivity contribution in [3.8, 4) is 0 Å². The van der Waals surface area contributed by atoms with Gasteiger partial charge in [0.25, 0.3) is 0 Å². The first kappa shape index (κ1) is 7.80. The van der Waals surface area contributed by atoms with Crippen LogP contribution in [0.3, 0.4) is 0 Å². The summed E-state index contributed by atoms with van der Waals surface area (Å²) in [6, 6.07) is 0. The molecule has 1 aromatic heterocycles. The van der Waals surface area contributed by atoms with E-state index in [1.54, 1.807) is 0 Å². The van der Waals surface area contributed by atoms with Crippen LogP contribution in [0, 0.1) is 0 Å². The molecular weight excluding hydrogens is 150 g/mol. The highest BCUT2D eigenvalue weighted by Crippen LogP contribution is 2.16. The van der Waals surface area contributed by atoms with Crippen molar-refractivity contribution in [1.82, 2.24) is 14.9 Å². The van der Waals surface area contributed by atoms with Crippen LogP contribution < -0.4 is 5.32 Å². The van der Waals surface area contributed by atoms with E-state index in [0.29, 0.717) is 5.92 Å². The summed E-state index contributed by atoms with van der Waals surface area (Å²) in [5.41, 5.74) is 1.32. The van der Waals surface area contributed by atoms with Crippen LogP contribution in [-0.2, 0) is 13.1 Å². The van der Waals surface area contributed by atoms with E-state index in [1.807, 2.05) is 6.20 Å². The molecule has 3 nitrogen and oxygen atoms in total. The lowest BCUT2D eigenvalue weighted by atomic mass is 10.2. The molecule has 66 valence electrons. The van der Waals surface area contributed by atoms with E-state index in [9.17, 15) is 0 Å². The van der Waals surface area contributed by atoms with Crippen molar-refractivity contribution < 1.29 is 0 Å². The van der Waals surface area contributed by atoms with Crippen LogP contribution >= 0.6 is 0 Å². The van der Waals surface area contributed by atoms with Crippen molar-refractivity contribution in [2.24, 2.45) is 0 Å². The van der Waals surface area contributed by atoms with Crippen LogP contribution in [0.4, 0.5) is 0 Å². The topological polar surface area (TPSA) is 29.9 Å². The first-order chi connectivity index (χ1) is 5.79. The van der Waals surface area contributed by atoms with Crippen molar-refractivity contribution in [2.75, 3.05) is 6.54 Å². The van der Waals surface area contributed by atoms with E-state index in [2.05, 4.69) is 28.7 Å². The fourth-order valence-electron chi connectivity index (χ4n) is 1.69. The summed E-state index contributed by atoms with van der Waals surface area (Å²) in [5.74, 6) is 1.77. The average molecular weight is 165 g/mol. The Hall–Kier alpha value is -0.830. The Labute approximate surface area is 72.8 Å². The summed E-state index contributed by atoms with van der Waals surface area (Å²) >= 11 is 0. The van der Waals surface area contributed by atoms with Crippen LogP contribution in [0.1, 0.15) is 31.3 Å². The molecule has 1 aromatic rings. The summed E-state index contributed by atoms with van der Waals surface area (Å²) in [5, 5.41) is 3.33. The lowest BCUT2D eigenvalue weighted by Crippen LogP contribution is -2.28. The molecule has 3 heteroatoms. The molecule has 0 bridgehead atoms. The van der Waals surface area contributed by atoms with Crippen molar-refractivity contribution in [2.45, 2.75) is 32.9 Å². The highest BCUT2D eigenvalue weighted by atomic mass is 15.1. The van der Waals surface area contributed by atoms with Gasteiger partial charge in [-0.25, -0.2) is 4.98 Å². The third-order valence-electron chi connectivity index (χ3n) is 2.30. The van der Waals surface area contributed by atoms with Gasteiger partial charge in [0.15, 0.2) is 0 Å². The second-order valence-electron chi connectivity index (χ2n) is 3.59. The van der Waals surface area contributed by atoms with E-state index < -0.39 is 0 Å². The van der Waals surface area contributed by atoms with E-state index in [1.165, 1.54) is 11.5 Å². The largest absolute Gasteiger partial charge is 0.329 e. The van der Waals surface area contributed by atoms with Gasteiger partial charge in [0.2, 0.25) is 0 Å². The number of nitrogens with one attached hydrogen (secondary N) is 1. The number of hydrogen-bond acceptors (Lipinski definition) is 2. The predicted octanol–water partition coefficient (Wildman–Crippen LogP) is 1.11. The van der Waals surface area contributed by atoms with Crippen molar-refractivity contribution >= 4 is 0 Å². The standard InChI is InChI=1S/C9H15N3/c1-7(2)9-11-6-8-5-10-3-4-12(8)9/h6-7,10H,3-5H2,1-2H3. The Morgan fingerprint density at radius 1 is 1.58 bits per heavy atom. The van der Waals surface area contributed by atoms with E-state index in [-0.39, 0.29) is 0 Å². The van der Waals surface area contributed by atoms with Crippen LogP contribution in [0.25, 0.3) is 0 Å². The molecule has 1 aliphatic rings. The summed E-state index contributed by atoms with van der Waals surface area (Å²) in [4.78, 5) is 4.42. The molecule has 2 rings (SSSR count). The Morgan fingerprint density at radius 2 is 2.42 bits per heavy atom. The Morgan fingerprint density at radius 3 is 3.17 bits per heavy atom. The molecule has 1 N–H and O–H groups in total. The second kappa shape index (κ2) is 2.90. The molecule has 1 aliphatic heterocycles. The maximum Gasteiger partial charge on any atom is 0.111 e. The highest BCUT2D eigenvalue weighted by molar-refractivity contribution is 5.09. The quantitative estimate of drug-likeness (QED) is 0.675. The number of nitrogens with zero attached hydrogens (tertiary/aromatic N) is 2. The Kier molecular flexibility index (Phi) is 1.89. The van der Waals surface area contributed by atoms with Gasteiger partial charge in [0.1, 0.15) is 5.82 Å². The van der Waals surface area contributed by atoms with Gasteiger partial charge in [0.05, 0.1) is 5.69 Å². The zero-order chi connectivity index (χ0) is 8.55. The maximum absolute atomic E-state index is 4.42. The molecule has 0 spiro atoms. The lowest BCUT2D eigenvalue weighted by molar-refractivity contribution is 0.493. The van der Waals surface area contributed by atoms with Crippen molar-refractivity contribution in [3.63, 3.8) is 0 Å². The number of fused-ring (bicyclic) bond motifs is 1. The third kappa shape index (κ3) is 1.14. The maximum atomic E-state index is 4.42. The molecule has 0 fully saturated rings. The summed E-state index contributed by atoms with van der Waals surface area (Å²) in [7, 11) is 0. The first-order valence-electron chi connectivity index (χ1n) is 4.54. The SMILES string of the molecule is CC(C)c1ncc2n1CCNC2. The molecule has 0 radical (unpaired) electrons. The molecule has 0 unspecified atom stereocenters. The van der Waals surface area contributed by atoms with Crippen LogP contribution in [0.5, 0.6) is 0 Å². The summed E-state index contributed by atoms with van der Waals surface area (Å²) < 4.78 is 2.33. The minimum atomic E-state index is 0.539. The molecule has 0 aliphatic carbocycles. The molecule has 2 heterocycles. The average Bonchev–Trinajstić information content (AvgIpc) is 2.47. The van der Waals surface area contributed by atoms with Gasteiger partial charge in [0, 0.05) is 31.7 Å². The van der Waals surface area contributed by atoms with Gasteiger partial charge >= 0.3 is 0 Å². The van der Waals surface area contributed by atoms with Crippen LogP contribution in [0.2, 0.25) is 0 Å². The number of aromatic nitrogens is 2. The molecular formula is C9H15N3. The molecule has 0 aromatic carbocycles. The molecule has 0 atom stereocenters. The molecule has 0 saturated heterocycles. The van der Waals surface area contributed by atoms with Gasteiger partial charge in [-0.1, -0.05) is 13.8 Å². The predicted molar refractivity (Wildman–Crippen MR) is 48.0 cm³/mol. The molecule has 0 amide bonds. The molecule has 0 saturated carbocycles. The van der Waals surface area contributed by atoms with Crippen LogP contribution in [-0.4, -0.2) is 16.1 Å². The minimum absolute atomic E-state index is 0.539. The minimum Gasteiger partial charge on any atom is -0.329 e. The smallest absolute Gasteiger partial charge is 0.111 e. The number of imidazole rings is 1. The Bertz CT molecular complexity index is 275. The van der Waals surface area contributed by atoms with Crippen molar-refractivity contribution in [1.29, 1.82) is 0 Å². The van der Waals surface area contributed by atoms with Gasteiger partial charge in [-0.3, -0.25) is 0 Å². The third-order valence-corrected chi connectivity index (χ3v) is 2.30. The summed E-state index contributed by atoms with van der Waals surface area (Å²) in [6.07, 6.45) is 1.99. The van der Waals surface area contributed by atoms with E-state index in [4.69, 9.17) is 0 Å². The van der Waals surface area contributed by atoms with Gasteiger partial charge in [-0.05, 0) is 0 Å². The fraction of sp³-hybridized carbons (Fsp3) is 0.667. The number of hydrogen-bond donors (Lipinski definition) is 1. The highest BCUT2D eigenvalue weighted by Gasteiger charge is 2.14. The Balaban J connectivity index is 2.38. The number of rotatable bonds is 1. The van der Waals surface area contributed by atoms with Gasteiger partial charge in [-0.15, -0.1) is 0 Å². The first-order valence-corrected chi connectivity index (χ1v) is 4.54. The fourth-order valence-corrected chi connectivity index (χ4v) is 1.69. The zero-order valence-electron chi connectivity index (χ0n) is 7.67. The van der Waals surface area contributed by atoms with E-state index >= 15 is 0 Å². The second-order valence-corrected chi connectivity index (χ2v) is 3.59. The monoisotopic (exact) mass is 165 g/mol. The zero-order valence-corrected chi connectivity index (χ0v) is 7.67. The van der Waals surface area contributed by atoms with Gasteiger partial charge < -0.3 is 9.88 Å². The van der Waals surface area contributed by atoms with E-state index in [0.717, 1.165) is 19.6 Å². The van der Waals surface area contributed by atoms with Gasteiger partial charge in [-0.2, -0.15) is 0 Å². The van der Waals surface area contributed by atoms with Crippen molar-refractivity contribution in [3.05, 3.63) is 17.7 Å². The lowest BCUT2D eigenvalue weighted by Gasteiger charge is -2.18. The normalized spacial score (nSPS) is 16.6. The summed E-state index contributed by atoms with van der Waals surface area (Å²) in [6.45, 7) is 7.50. The van der Waals surface area contributed by atoms with Crippen LogP contribution in [0.15, 0.2) is 6.20 Å².